The van der Waals surface area contributed by atoms with Gasteiger partial charge in [-0.15, -0.1) is 0 Å². The number of carbonyl (C=O) groups excluding carboxylic acids is 1. The van der Waals surface area contributed by atoms with Gasteiger partial charge in [0, 0.05) is 5.57 Å². The number of cyclic esters (lactones) is 1. The van der Waals surface area contributed by atoms with Crippen LogP contribution in [0, 0.1) is 0 Å². The molecule has 0 fully saturated rings. The topological polar surface area (TPSA) is 69.7 Å². The molecule has 0 aliphatic carbocycles. The van der Waals surface area contributed by atoms with E-state index in [4.69, 9.17) is 0 Å². The zero-order chi connectivity index (χ0) is 17.1. The van der Waals surface area contributed by atoms with Crippen LogP contribution in [0.25, 0.3) is 0 Å². The lowest BCUT2D eigenvalue weighted by Gasteiger charge is -2.11. The van der Waals surface area contributed by atoms with E-state index < -0.39 is 27.9 Å². The average Bonchev–Trinajstić information content (AvgIpc) is 2.78. The van der Waals surface area contributed by atoms with Crippen LogP contribution >= 0.6 is 0 Å². The highest BCUT2D eigenvalue weighted by atomic mass is 32.2. The summed E-state index contributed by atoms with van der Waals surface area (Å²) in [5.74, 6) is -0.875. The van der Waals surface area contributed by atoms with E-state index >= 15 is 0 Å². The standard InChI is InChI=1S/C14H13F3O5S/c15-14(16,17)23(19,20)22-12-9-11(13(18)21-12)8-4-7-10-5-2-1-3-6-10/h1-3,5-6,9,12H,4,7-8H2. The van der Waals surface area contributed by atoms with Crippen LogP contribution in [0.4, 0.5) is 13.2 Å². The normalized spacial score (nSPS) is 18.7. The predicted octanol–water partition coefficient (Wildman–Crippen LogP) is 2.68. The van der Waals surface area contributed by atoms with Crippen LogP contribution in [0.2, 0.25) is 0 Å². The fourth-order valence-corrected chi connectivity index (χ4v) is 2.44. The van der Waals surface area contributed by atoms with Crippen molar-refractivity contribution in [3.63, 3.8) is 0 Å². The number of carbonyl (C=O) groups is 1. The maximum Gasteiger partial charge on any atom is 0.523 e. The Morgan fingerprint density at radius 3 is 2.39 bits per heavy atom. The molecular formula is C14H13F3O5S. The summed E-state index contributed by atoms with van der Waals surface area (Å²) < 4.78 is 66.6. The quantitative estimate of drug-likeness (QED) is 0.448. The molecule has 0 bridgehead atoms. The van der Waals surface area contributed by atoms with Crippen LogP contribution in [-0.4, -0.2) is 26.2 Å². The molecule has 2 rings (SSSR count). The third-order valence-electron chi connectivity index (χ3n) is 3.08. The fraction of sp³-hybridized carbons (Fsp3) is 0.357. The molecule has 0 aromatic heterocycles. The molecule has 1 heterocycles. The van der Waals surface area contributed by atoms with Gasteiger partial charge in [0.2, 0.25) is 6.29 Å². The maximum absolute atomic E-state index is 12.2. The van der Waals surface area contributed by atoms with Crippen LogP contribution in [0.5, 0.6) is 0 Å². The van der Waals surface area contributed by atoms with Gasteiger partial charge in [-0.05, 0) is 30.9 Å². The number of hydrogen-bond donors (Lipinski definition) is 0. The Balaban J connectivity index is 1.92. The first-order chi connectivity index (χ1) is 10.7. The molecule has 0 saturated heterocycles. The molecule has 1 atom stereocenters. The summed E-state index contributed by atoms with van der Waals surface area (Å²) in [6, 6.07) is 9.41. The van der Waals surface area contributed by atoms with Gasteiger partial charge in [0.05, 0.1) is 0 Å². The van der Waals surface area contributed by atoms with Gasteiger partial charge in [0.15, 0.2) is 0 Å². The number of esters is 1. The Kier molecular flexibility index (Phi) is 5.10. The summed E-state index contributed by atoms with van der Waals surface area (Å²) in [5.41, 5.74) is -4.42. The molecule has 0 amide bonds. The Morgan fingerprint density at radius 2 is 1.78 bits per heavy atom. The predicted molar refractivity (Wildman–Crippen MR) is 73.4 cm³/mol. The van der Waals surface area contributed by atoms with Crippen molar-refractivity contribution in [2.75, 3.05) is 0 Å². The van der Waals surface area contributed by atoms with Crippen molar-refractivity contribution >= 4 is 16.1 Å². The van der Waals surface area contributed by atoms with Crippen molar-refractivity contribution in [3.05, 3.63) is 47.5 Å². The average molecular weight is 350 g/mol. The number of halogens is 3. The van der Waals surface area contributed by atoms with E-state index in [1.54, 1.807) is 0 Å². The van der Waals surface area contributed by atoms with Crippen molar-refractivity contribution in [2.45, 2.75) is 31.1 Å². The molecule has 1 aromatic rings. The summed E-state index contributed by atoms with van der Waals surface area (Å²) in [7, 11) is -5.81. The Morgan fingerprint density at radius 1 is 1.13 bits per heavy atom. The van der Waals surface area contributed by atoms with E-state index in [1.165, 1.54) is 0 Å². The first-order valence-electron chi connectivity index (χ1n) is 6.64. The SMILES string of the molecule is O=C1OC(OS(=O)(=O)C(F)(F)F)C=C1CCCc1ccccc1. The molecule has 23 heavy (non-hydrogen) atoms. The molecule has 0 saturated carbocycles. The van der Waals surface area contributed by atoms with Gasteiger partial charge in [-0.3, -0.25) is 0 Å². The van der Waals surface area contributed by atoms with Crippen molar-refractivity contribution in [3.8, 4) is 0 Å². The number of rotatable bonds is 6. The number of hydrogen-bond acceptors (Lipinski definition) is 5. The first kappa shape index (κ1) is 17.5. The minimum absolute atomic E-state index is 0.100. The van der Waals surface area contributed by atoms with Gasteiger partial charge in [-0.25, -0.2) is 8.98 Å². The van der Waals surface area contributed by atoms with Crippen LogP contribution < -0.4 is 0 Å². The zero-order valence-electron chi connectivity index (χ0n) is 11.7. The first-order valence-corrected chi connectivity index (χ1v) is 8.05. The molecule has 5 nitrogen and oxygen atoms in total. The minimum Gasteiger partial charge on any atom is -0.427 e. The van der Waals surface area contributed by atoms with E-state index in [2.05, 4.69) is 8.92 Å². The summed E-state index contributed by atoms with van der Waals surface area (Å²) in [5, 5.41) is 0. The van der Waals surface area contributed by atoms with E-state index in [9.17, 15) is 26.4 Å². The van der Waals surface area contributed by atoms with Gasteiger partial charge in [0.1, 0.15) is 0 Å². The van der Waals surface area contributed by atoms with Gasteiger partial charge < -0.3 is 4.74 Å². The Bertz CT molecular complexity index is 695. The second kappa shape index (κ2) is 6.71. The lowest BCUT2D eigenvalue weighted by atomic mass is 10.0. The molecule has 0 spiro atoms. The Labute approximate surface area is 130 Å². The Hall–Kier alpha value is -1.87. The highest BCUT2D eigenvalue weighted by Gasteiger charge is 2.49. The molecule has 0 N–H and O–H groups in total. The third-order valence-corrected chi connectivity index (χ3v) is 4.09. The summed E-state index contributed by atoms with van der Waals surface area (Å²) in [4.78, 5) is 11.5. The van der Waals surface area contributed by atoms with E-state index in [0.29, 0.717) is 12.8 Å². The van der Waals surface area contributed by atoms with Gasteiger partial charge in [-0.2, -0.15) is 21.6 Å². The van der Waals surface area contributed by atoms with Crippen LogP contribution in [0.15, 0.2) is 42.0 Å². The van der Waals surface area contributed by atoms with Gasteiger partial charge >= 0.3 is 21.6 Å². The largest absolute Gasteiger partial charge is 0.523 e. The molecule has 1 aromatic carbocycles. The molecular weight excluding hydrogens is 337 g/mol. The molecule has 1 aliphatic rings. The number of benzene rings is 1. The van der Waals surface area contributed by atoms with Gasteiger partial charge in [-0.1, -0.05) is 30.3 Å². The van der Waals surface area contributed by atoms with Crippen molar-refractivity contribution < 1.29 is 35.3 Å². The van der Waals surface area contributed by atoms with Crippen molar-refractivity contribution in [2.24, 2.45) is 0 Å². The molecule has 1 aliphatic heterocycles. The summed E-state index contributed by atoms with van der Waals surface area (Å²) in [6.45, 7) is 0. The summed E-state index contributed by atoms with van der Waals surface area (Å²) in [6.07, 6.45) is 0.554. The summed E-state index contributed by atoms with van der Waals surface area (Å²) >= 11 is 0. The minimum atomic E-state index is -5.81. The van der Waals surface area contributed by atoms with E-state index in [1.807, 2.05) is 30.3 Å². The lowest BCUT2D eigenvalue weighted by molar-refractivity contribution is -0.150. The highest BCUT2D eigenvalue weighted by Crippen LogP contribution is 2.29. The molecule has 126 valence electrons. The van der Waals surface area contributed by atoms with Crippen LogP contribution in [0.3, 0.4) is 0 Å². The maximum atomic E-state index is 12.2. The van der Waals surface area contributed by atoms with Crippen molar-refractivity contribution in [1.82, 2.24) is 0 Å². The van der Waals surface area contributed by atoms with Gasteiger partial charge in [0.25, 0.3) is 0 Å². The van der Waals surface area contributed by atoms with E-state index in [0.717, 1.165) is 11.6 Å². The number of aryl methyl sites for hydroxylation is 1. The van der Waals surface area contributed by atoms with E-state index in [-0.39, 0.29) is 12.0 Å². The zero-order valence-corrected chi connectivity index (χ0v) is 12.6. The number of ether oxygens (including phenoxy) is 1. The van der Waals surface area contributed by atoms with Crippen LogP contribution in [-0.2, 0) is 30.3 Å². The molecule has 1 unspecified atom stereocenters. The fourth-order valence-electron chi connectivity index (χ4n) is 1.99. The second-order valence-corrected chi connectivity index (χ2v) is 6.36. The second-order valence-electron chi connectivity index (χ2n) is 4.80. The third kappa shape index (κ3) is 4.55. The van der Waals surface area contributed by atoms with Crippen molar-refractivity contribution in [1.29, 1.82) is 0 Å². The molecule has 0 radical (unpaired) electrons. The lowest BCUT2D eigenvalue weighted by Crippen LogP contribution is -2.29. The number of alkyl halides is 3. The highest BCUT2D eigenvalue weighted by molar-refractivity contribution is 7.87. The molecule has 9 heteroatoms. The van der Waals surface area contributed by atoms with Crippen LogP contribution in [0.1, 0.15) is 18.4 Å². The monoisotopic (exact) mass is 350 g/mol. The smallest absolute Gasteiger partial charge is 0.427 e.